The molecule has 0 aliphatic carbocycles. The molecular weight excluding hydrogens is 402 g/mol. The van der Waals surface area contributed by atoms with Crippen LogP contribution in [0.25, 0.3) is 20.9 Å². The summed E-state index contributed by atoms with van der Waals surface area (Å²) in [7, 11) is 0. The number of ketones is 1. The van der Waals surface area contributed by atoms with Crippen molar-refractivity contribution in [2.75, 3.05) is 11.5 Å². The van der Waals surface area contributed by atoms with Gasteiger partial charge >= 0.3 is 0 Å². The van der Waals surface area contributed by atoms with E-state index in [1.165, 1.54) is 23.1 Å². The molecule has 0 atom stereocenters. The van der Waals surface area contributed by atoms with Crippen LogP contribution in [0.5, 0.6) is 0 Å². The number of nitrogens with zero attached hydrogens (tertiary/aromatic N) is 4. The number of pyridine rings is 1. The van der Waals surface area contributed by atoms with Crippen molar-refractivity contribution in [2.45, 2.75) is 32.5 Å². The summed E-state index contributed by atoms with van der Waals surface area (Å²) in [6, 6.07) is 12.2. The van der Waals surface area contributed by atoms with Gasteiger partial charge in [0.1, 0.15) is 10.6 Å². The maximum atomic E-state index is 11.5. The Morgan fingerprint density at radius 2 is 1.97 bits per heavy atom. The molecule has 0 bridgehead atoms. The first-order valence-electron chi connectivity index (χ1n) is 9.20. The lowest BCUT2D eigenvalue weighted by molar-refractivity contribution is -0.114. The van der Waals surface area contributed by atoms with E-state index in [2.05, 4.69) is 27.3 Å². The van der Waals surface area contributed by atoms with Crippen LogP contribution in [-0.4, -0.2) is 31.3 Å². The van der Waals surface area contributed by atoms with Crippen molar-refractivity contribution in [3.8, 4) is 10.7 Å². The quantitative estimate of drug-likeness (QED) is 0.460. The van der Waals surface area contributed by atoms with Gasteiger partial charge in [0.25, 0.3) is 0 Å². The van der Waals surface area contributed by atoms with Crippen molar-refractivity contribution in [2.24, 2.45) is 0 Å². The van der Waals surface area contributed by atoms with Gasteiger partial charge in [0.05, 0.1) is 22.9 Å². The SMILES string of the molecule is CC(=O)CSc1nnc(-c2sc3nc(C)cc(C)c3c2N)n1Cc1ccccc1. The van der Waals surface area contributed by atoms with Crippen LogP contribution in [0.15, 0.2) is 41.6 Å². The van der Waals surface area contributed by atoms with E-state index < -0.39 is 0 Å². The van der Waals surface area contributed by atoms with Crippen molar-refractivity contribution in [3.63, 3.8) is 0 Å². The van der Waals surface area contributed by atoms with Gasteiger partial charge in [-0.25, -0.2) is 4.98 Å². The highest BCUT2D eigenvalue weighted by atomic mass is 32.2. The van der Waals surface area contributed by atoms with E-state index in [0.29, 0.717) is 29.0 Å². The Labute approximate surface area is 177 Å². The van der Waals surface area contributed by atoms with Crippen molar-refractivity contribution in [1.82, 2.24) is 19.7 Å². The molecule has 0 saturated heterocycles. The third kappa shape index (κ3) is 3.90. The molecule has 4 aromatic rings. The van der Waals surface area contributed by atoms with E-state index in [1.54, 1.807) is 6.92 Å². The number of nitrogens with two attached hydrogens (primary N) is 1. The minimum absolute atomic E-state index is 0.0995. The Balaban J connectivity index is 1.85. The average molecular weight is 424 g/mol. The largest absolute Gasteiger partial charge is 0.397 e. The number of anilines is 1. The first-order chi connectivity index (χ1) is 13.9. The molecule has 0 radical (unpaired) electrons. The van der Waals surface area contributed by atoms with Crippen LogP contribution >= 0.6 is 23.1 Å². The van der Waals surface area contributed by atoms with Crippen LogP contribution < -0.4 is 5.73 Å². The summed E-state index contributed by atoms with van der Waals surface area (Å²) in [4.78, 5) is 17.9. The molecule has 0 spiro atoms. The predicted molar refractivity (Wildman–Crippen MR) is 119 cm³/mol. The van der Waals surface area contributed by atoms with Gasteiger partial charge in [0.15, 0.2) is 11.0 Å². The molecular formula is C21H21N5OS2. The molecule has 0 aliphatic rings. The maximum absolute atomic E-state index is 11.5. The van der Waals surface area contributed by atoms with Crippen molar-refractivity contribution < 1.29 is 4.79 Å². The van der Waals surface area contributed by atoms with Gasteiger partial charge in [0, 0.05) is 11.1 Å². The molecule has 29 heavy (non-hydrogen) atoms. The molecule has 4 rings (SSSR count). The second kappa shape index (κ2) is 7.96. The standard InChI is InChI=1S/C21H21N5OS2/c1-12-9-13(2)23-20-16(12)17(22)18(29-20)19-24-25-21(28-11-14(3)27)26(19)10-15-7-5-4-6-8-15/h4-9H,10-11,22H2,1-3H3. The molecule has 0 fully saturated rings. The van der Waals surface area contributed by atoms with Crippen molar-refractivity contribution in [1.29, 1.82) is 0 Å². The van der Waals surface area contributed by atoms with E-state index in [4.69, 9.17) is 5.73 Å². The maximum Gasteiger partial charge on any atom is 0.192 e. The highest BCUT2D eigenvalue weighted by Crippen LogP contribution is 2.41. The molecule has 2 N–H and O–H groups in total. The summed E-state index contributed by atoms with van der Waals surface area (Å²) in [5, 5.41) is 10.5. The number of hydrogen-bond donors (Lipinski definition) is 1. The summed E-state index contributed by atoms with van der Waals surface area (Å²) >= 11 is 2.93. The number of carbonyl (C=O) groups excluding carboxylic acids is 1. The third-order valence-electron chi connectivity index (χ3n) is 4.53. The zero-order chi connectivity index (χ0) is 20.5. The molecule has 1 aromatic carbocycles. The number of thiophene rings is 1. The van der Waals surface area contributed by atoms with E-state index >= 15 is 0 Å². The lowest BCUT2D eigenvalue weighted by Crippen LogP contribution is -2.05. The summed E-state index contributed by atoms with van der Waals surface area (Å²) in [6.45, 7) is 6.21. The number of thioether (sulfide) groups is 1. The second-order valence-electron chi connectivity index (χ2n) is 6.97. The smallest absolute Gasteiger partial charge is 0.192 e. The van der Waals surface area contributed by atoms with Gasteiger partial charge in [-0.1, -0.05) is 42.1 Å². The fraction of sp³-hybridized carbons (Fsp3) is 0.238. The first kappa shape index (κ1) is 19.6. The highest BCUT2D eigenvalue weighted by Gasteiger charge is 2.22. The number of nitrogen functional groups attached to an aromatic ring is 1. The van der Waals surface area contributed by atoms with Crippen molar-refractivity contribution >= 4 is 44.8 Å². The van der Waals surface area contributed by atoms with E-state index in [-0.39, 0.29) is 5.78 Å². The minimum Gasteiger partial charge on any atom is -0.397 e. The van der Waals surface area contributed by atoms with Gasteiger partial charge in [-0.2, -0.15) is 0 Å². The number of Topliss-reactive ketones (excluding diaryl/α,β-unsaturated/α-hetero) is 1. The minimum atomic E-state index is 0.0995. The zero-order valence-corrected chi connectivity index (χ0v) is 18.1. The number of rotatable bonds is 6. The number of aromatic nitrogens is 4. The Hall–Kier alpha value is -2.71. The Kier molecular flexibility index (Phi) is 5.38. The summed E-state index contributed by atoms with van der Waals surface area (Å²) < 4.78 is 2.03. The molecule has 3 heterocycles. The van der Waals surface area contributed by atoms with Gasteiger partial charge in [-0.3, -0.25) is 9.36 Å². The van der Waals surface area contributed by atoms with Crippen LogP contribution in [0.2, 0.25) is 0 Å². The van der Waals surface area contributed by atoms with E-state index in [1.807, 2.05) is 42.7 Å². The molecule has 0 amide bonds. The lowest BCUT2D eigenvalue weighted by atomic mass is 10.1. The van der Waals surface area contributed by atoms with Gasteiger partial charge in [-0.05, 0) is 38.0 Å². The summed E-state index contributed by atoms with van der Waals surface area (Å²) in [5.74, 6) is 1.16. The van der Waals surface area contributed by atoms with Gasteiger partial charge < -0.3 is 5.73 Å². The lowest BCUT2D eigenvalue weighted by Gasteiger charge is -2.10. The van der Waals surface area contributed by atoms with E-state index in [9.17, 15) is 4.79 Å². The Bertz CT molecular complexity index is 1200. The highest BCUT2D eigenvalue weighted by molar-refractivity contribution is 7.99. The Morgan fingerprint density at radius 3 is 2.69 bits per heavy atom. The molecule has 148 valence electrons. The summed E-state index contributed by atoms with van der Waals surface area (Å²) in [5.41, 5.74) is 10.4. The third-order valence-corrected chi connectivity index (χ3v) is 6.74. The van der Waals surface area contributed by atoms with Crippen LogP contribution in [0.4, 0.5) is 5.69 Å². The van der Waals surface area contributed by atoms with Crippen molar-refractivity contribution in [3.05, 3.63) is 53.2 Å². The number of carbonyl (C=O) groups is 1. The van der Waals surface area contributed by atoms with Crippen LogP contribution in [-0.2, 0) is 11.3 Å². The van der Waals surface area contributed by atoms with Crippen LogP contribution in [0.3, 0.4) is 0 Å². The Morgan fingerprint density at radius 1 is 1.21 bits per heavy atom. The number of benzene rings is 1. The fourth-order valence-electron chi connectivity index (χ4n) is 3.27. The molecule has 8 heteroatoms. The zero-order valence-electron chi connectivity index (χ0n) is 16.5. The number of fused-ring (bicyclic) bond motifs is 1. The second-order valence-corrected chi connectivity index (χ2v) is 8.92. The van der Waals surface area contributed by atoms with Gasteiger partial charge in [0.2, 0.25) is 0 Å². The van der Waals surface area contributed by atoms with Crippen LogP contribution in [0.1, 0.15) is 23.7 Å². The monoisotopic (exact) mass is 423 g/mol. The number of hydrogen-bond acceptors (Lipinski definition) is 7. The van der Waals surface area contributed by atoms with E-state index in [0.717, 1.165) is 31.9 Å². The molecule has 3 aromatic heterocycles. The molecule has 0 unspecified atom stereocenters. The predicted octanol–water partition coefficient (Wildman–Crippen LogP) is 4.48. The number of aryl methyl sites for hydroxylation is 2. The first-order valence-corrected chi connectivity index (χ1v) is 11.0. The summed E-state index contributed by atoms with van der Waals surface area (Å²) in [6.07, 6.45) is 0. The molecule has 6 nitrogen and oxygen atoms in total. The average Bonchev–Trinajstić information content (AvgIpc) is 3.21. The molecule has 0 saturated carbocycles. The molecule has 0 aliphatic heterocycles. The van der Waals surface area contributed by atoms with Gasteiger partial charge in [-0.15, -0.1) is 21.5 Å². The fourth-order valence-corrected chi connectivity index (χ4v) is 5.22. The van der Waals surface area contributed by atoms with Crippen LogP contribution in [0, 0.1) is 13.8 Å². The normalized spacial score (nSPS) is 11.3. The topological polar surface area (TPSA) is 86.7 Å².